The van der Waals surface area contributed by atoms with Gasteiger partial charge in [-0.2, -0.15) is 0 Å². The molecule has 14 heavy (non-hydrogen) atoms. The number of hydrogen-bond acceptors (Lipinski definition) is 4. The first-order chi connectivity index (χ1) is 6.47. The first-order valence-electron chi connectivity index (χ1n) is 3.59. The minimum Gasteiger partial charge on any atom is -0.366 e. The summed E-state index contributed by atoms with van der Waals surface area (Å²) in [5.74, 6) is -2.18. The fourth-order valence-corrected chi connectivity index (χ4v) is 0.538. The van der Waals surface area contributed by atoms with Crippen LogP contribution < -0.4 is 5.73 Å². The molecule has 0 heterocycles. The van der Waals surface area contributed by atoms with Crippen LogP contribution in [0.3, 0.4) is 0 Å². The Morgan fingerprint density at radius 1 is 1.36 bits per heavy atom. The van der Waals surface area contributed by atoms with Crippen LogP contribution in [0.2, 0.25) is 0 Å². The zero-order valence-electron chi connectivity index (χ0n) is 7.60. The molecule has 0 saturated heterocycles. The molecule has 0 aliphatic rings. The largest absolute Gasteiger partial charge is 0.366 e. The van der Waals surface area contributed by atoms with Crippen molar-refractivity contribution in [3.05, 3.63) is 24.9 Å². The van der Waals surface area contributed by atoms with Gasteiger partial charge in [0.15, 0.2) is 0 Å². The Morgan fingerprint density at radius 3 is 2.29 bits per heavy atom. The second kappa shape index (κ2) is 5.52. The molecule has 0 radical (unpaired) electrons. The van der Waals surface area contributed by atoms with Crippen LogP contribution in [0.25, 0.3) is 0 Å². The van der Waals surface area contributed by atoms with Crippen molar-refractivity contribution >= 4 is 17.8 Å². The molecule has 0 saturated carbocycles. The highest BCUT2D eigenvalue weighted by Crippen LogP contribution is 1.94. The second-order valence-corrected chi connectivity index (χ2v) is 2.17. The van der Waals surface area contributed by atoms with Gasteiger partial charge in [0.2, 0.25) is 5.91 Å². The summed E-state index contributed by atoms with van der Waals surface area (Å²) in [5, 5.41) is 0.585. The third kappa shape index (κ3) is 4.70. The number of carbonyl (C=O) groups is 3. The lowest BCUT2D eigenvalue weighted by Crippen LogP contribution is -2.26. The van der Waals surface area contributed by atoms with Crippen molar-refractivity contribution in [1.29, 1.82) is 0 Å². The maximum atomic E-state index is 11.1. The first-order valence-corrected chi connectivity index (χ1v) is 3.59. The molecule has 0 unspecified atom stereocenters. The topological polar surface area (TPSA) is 89.7 Å². The number of rotatable bonds is 3. The van der Waals surface area contributed by atoms with Crippen LogP contribution in [0.1, 0.15) is 6.92 Å². The molecule has 0 aromatic carbocycles. The normalized spacial score (nSPS) is 9.50. The van der Waals surface area contributed by atoms with Crippen LogP contribution in [-0.2, 0) is 19.2 Å². The van der Waals surface area contributed by atoms with E-state index < -0.39 is 17.8 Å². The number of amides is 2. The number of carbonyl (C=O) groups excluding carboxylic acids is 3. The molecule has 0 bridgehead atoms. The summed E-state index contributed by atoms with van der Waals surface area (Å²) in [7, 11) is 0. The van der Waals surface area contributed by atoms with Crippen molar-refractivity contribution in [2.45, 2.75) is 6.92 Å². The van der Waals surface area contributed by atoms with E-state index in [9.17, 15) is 14.4 Å². The third-order valence-electron chi connectivity index (χ3n) is 1.00. The smallest absolute Gasteiger partial charge is 0.330 e. The highest BCUT2D eigenvalue weighted by atomic mass is 16.7. The zero-order chi connectivity index (χ0) is 11.1. The number of primary amides is 1. The van der Waals surface area contributed by atoms with Crippen LogP contribution in [0.5, 0.6) is 0 Å². The van der Waals surface area contributed by atoms with Gasteiger partial charge in [0.1, 0.15) is 0 Å². The van der Waals surface area contributed by atoms with E-state index in [4.69, 9.17) is 5.73 Å². The van der Waals surface area contributed by atoms with E-state index in [1.54, 1.807) is 0 Å². The fraction of sp³-hybridized carbons (Fsp3) is 0.125. The highest BCUT2D eigenvalue weighted by Gasteiger charge is 2.09. The van der Waals surface area contributed by atoms with Gasteiger partial charge in [0, 0.05) is 25.3 Å². The quantitative estimate of drug-likeness (QED) is 0.488. The Kier molecular flexibility index (Phi) is 4.69. The van der Waals surface area contributed by atoms with Crippen molar-refractivity contribution in [1.82, 2.24) is 5.06 Å². The summed E-state index contributed by atoms with van der Waals surface area (Å²) < 4.78 is 0. The molecule has 0 rings (SSSR count). The minimum absolute atomic E-state index is 0.585. The predicted molar refractivity (Wildman–Crippen MR) is 47.1 cm³/mol. The molecule has 0 aromatic heterocycles. The molecule has 2 N–H and O–H groups in total. The molecule has 0 spiro atoms. The van der Waals surface area contributed by atoms with E-state index in [1.165, 1.54) is 0 Å². The zero-order valence-corrected chi connectivity index (χ0v) is 7.60. The van der Waals surface area contributed by atoms with E-state index in [0.29, 0.717) is 5.06 Å². The molecular formula is C8H10N2O4. The Balaban J connectivity index is 4.39. The maximum absolute atomic E-state index is 11.1. The molecule has 6 heteroatoms. The Hall–Kier alpha value is -2.11. The van der Waals surface area contributed by atoms with E-state index in [2.05, 4.69) is 11.4 Å². The lowest BCUT2D eigenvalue weighted by Gasteiger charge is -2.12. The third-order valence-corrected chi connectivity index (χ3v) is 1.00. The number of nitrogens with two attached hydrogens (primary N) is 1. The summed E-state index contributed by atoms with van der Waals surface area (Å²) >= 11 is 0. The standard InChI is InChI=1S/C8H10N2O4/c1-3-10(14-6(2)11)8(13)5-4-7(9)12/h3-5H,1H2,2H3,(H2,9,12). The van der Waals surface area contributed by atoms with Crippen LogP contribution in [0.15, 0.2) is 24.9 Å². The van der Waals surface area contributed by atoms with Crippen LogP contribution in [-0.4, -0.2) is 22.8 Å². The Morgan fingerprint density at radius 2 is 1.93 bits per heavy atom. The molecule has 0 fully saturated rings. The van der Waals surface area contributed by atoms with E-state index >= 15 is 0 Å². The molecule has 0 atom stereocenters. The highest BCUT2D eigenvalue weighted by molar-refractivity contribution is 5.96. The summed E-state index contributed by atoms with van der Waals surface area (Å²) in [6.45, 7) is 4.37. The summed E-state index contributed by atoms with van der Waals surface area (Å²) in [6, 6.07) is 0. The SMILES string of the molecule is C=CN(OC(C)=O)C(=O)C=CC(N)=O. The average molecular weight is 198 g/mol. The Labute approximate surface area is 80.6 Å². The van der Waals surface area contributed by atoms with Gasteiger partial charge < -0.3 is 10.6 Å². The fourth-order valence-electron chi connectivity index (χ4n) is 0.538. The molecule has 0 aliphatic carbocycles. The van der Waals surface area contributed by atoms with Crippen molar-refractivity contribution in [3.63, 3.8) is 0 Å². The van der Waals surface area contributed by atoms with Crippen molar-refractivity contribution < 1.29 is 19.2 Å². The molecular weight excluding hydrogens is 188 g/mol. The van der Waals surface area contributed by atoms with Gasteiger partial charge in [-0.3, -0.25) is 9.59 Å². The van der Waals surface area contributed by atoms with Crippen molar-refractivity contribution in [2.75, 3.05) is 0 Å². The van der Waals surface area contributed by atoms with E-state index in [1.807, 2.05) is 0 Å². The minimum atomic E-state index is -0.773. The van der Waals surface area contributed by atoms with Gasteiger partial charge in [-0.1, -0.05) is 6.58 Å². The Bertz CT molecular complexity index is 296. The van der Waals surface area contributed by atoms with Crippen LogP contribution in [0, 0.1) is 0 Å². The van der Waals surface area contributed by atoms with Crippen molar-refractivity contribution in [3.8, 4) is 0 Å². The predicted octanol–water partition coefficient (Wildman–Crippen LogP) is -0.522. The number of nitrogens with zero attached hydrogens (tertiary/aromatic N) is 1. The second-order valence-electron chi connectivity index (χ2n) is 2.17. The lowest BCUT2D eigenvalue weighted by molar-refractivity contribution is -0.182. The average Bonchev–Trinajstić information content (AvgIpc) is 2.09. The van der Waals surface area contributed by atoms with Gasteiger partial charge in [0.25, 0.3) is 5.91 Å². The number of hydroxylamine groups is 2. The lowest BCUT2D eigenvalue weighted by atomic mass is 10.4. The van der Waals surface area contributed by atoms with Crippen LogP contribution >= 0.6 is 0 Å². The van der Waals surface area contributed by atoms with E-state index in [0.717, 1.165) is 25.3 Å². The van der Waals surface area contributed by atoms with Crippen molar-refractivity contribution in [2.24, 2.45) is 5.73 Å². The van der Waals surface area contributed by atoms with Gasteiger partial charge in [-0.05, 0) is 0 Å². The first kappa shape index (κ1) is 11.9. The summed E-state index contributed by atoms with van der Waals surface area (Å²) in [4.78, 5) is 36.3. The maximum Gasteiger partial charge on any atom is 0.330 e. The monoisotopic (exact) mass is 198 g/mol. The van der Waals surface area contributed by atoms with Gasteiger partial charge in [-0.25, -0.2) is 4.79 Å². The summed E-state index contributed by atoms with van der Waals surface area (Å²) in [5.41, 5.74) is 4.75. The van der Waals surface area contributed by atoms with Gasteiger partial charge in [0.05, 0.1) is 0 Å². The van der Waals surface area contributed by atoms with E-state index in [-0.39, 0.29) is 0 Å². The van der Waals surface area contributed by atoms with Crippen LogP contribution in [0.4, 0.5) is 0 Å². The van der Waals surface area contributed by atoms with Gasteiger partial charge >= 0.3 is 5.97 Å². The summed E-state index contributed by atoms with van der Waals surface area (Å²) in [6.07, 6.45) is 2.71. The molecule has 0 aliphatic heterocycles. The van der Waals surface area contributed by atoms with Gasteiger partial charge in [-0.15, -0.1) is 5.06 Å². The molecule has 76 valence electrons. The number of hydrogen-bond donors (Lipinski definition) is 1. The molecule has 6 nitrogen and oxygen atoms in total. The molecule has 2 amide bonds. The molecule has 0 aromatic rings.